The van der Waals surface area contributed by atoms with Crippen molar-refractivity contribution in [2.45, 2.75) is 38.9 Å². The van der Waals surface area contributed by atoms with Crippen LogP contribution in [0.15, 0.2) is 28.7 Å². The Kier molecular flexibility index (Phi) is 7.08. The quantitative estimate of drug-likeness (QED) is 0.628. The van der Waals surface area contributed by atoms with E-state index < -0.39 is 21.5 Å². The van der Waals surface area contributed by atoms with Crippen LogP contribution in [0.5, 0.6) is 0 Å². The van der Waals surface area contributed by atoms with Crippen molar-refractivity contribution in [2.24, 2.45) is 0 Å². The Bertz CT molecular complexity index is 929. The lowest BCUT2D eigenvalue weighted by molar-refractivity contribution is -0.118. The Hall–Kier alpha value is -2.19. The summed E-state index contributed by atoms with van der Waals surface area (Å²) in [7, 11) is -3.63. The Labute approximate surface area is 172 Å². The van der Waals surface area contributed by atoms with Gasteiger partial charge in [-0.05, 0) is 64.9 Å². The molecule has 0 saturated carbocycles. The van der Waals surface area contributed by atoms with Crippen molar-refractivity contribution in [3.05, 3.63) is 41.3 Å². The lowest BCUT2D eigenvalue weighted by Gasteiger charge is -2.14. The Morgan fingerprint density at radius 1 is 1.17 bits per heavy atom. The van der Waals surface area contributed by atoms with Crippen LogP contribution in [-0.2, 0) is 20.4 Å². The highest BCUT2D eigenvalue weighted by Crippen LogP contribution is 2.23. The number of hydrogen-bond acceptors (Lipinski definition) is 6. The van der Waals surface area contributed by atoms with Gasteiger partial charge in [0.2, 0.25) is 11.8 Å². The molecular weight excluding hydrogens is 390 g/mol. The minimum atomic E-state index is -3.63. The summed E-state index contributed by atoms with van der Waals surface area (Å²) in [5.41, 5.74) is 2.26. The van der Waals surface area contributed by atoms with E-state index in [2.05, 4.69) is 15.2 Å². The molecule has 1 N–H and O–H groups in total. The third kappa shape index (κ3) is 6.40. The van der Waals surface area contributed by atoms with Gasteiger partial charge in [-0.15, -0.1) is 0 Å². The first-order valence-electron chi connectivity index (χ1n) is 10.1. The molecule has 1 fully saturated rings. The second-order valence-electron chi connectivity index (χ2n) is 7.67. The third-order valence-corrected chi connectivity index (χ3v) is 6.49. The first-order valence-corrected chi connectivity index (χ1v) is 11.9. The number of rotatable bonds is 9. The number of nitrogens with one attached hydrogen (secondary N) is 1. The highest BCUT2D eigenvalue weighted by atomic mass is 32.2. The maximum atomic E-state index is 12.4. The van der Waals surface area contributed by atoms with E-state index in [1.54, 1.807) is 6.92 Å². The lowest BCUT2D eigenvalue weighted by atomic mass is 10.1. The van der Waals surface area contributed by atoms with E-state index in [4.69, 9.17) is 4.42 Å². The molecule has 0 unspecified atom stereocenters. The predicted molar refractivity (Wildman–Crippen MR) is 112 cm³/mol. The molecule has 1 aromatic carbocycles. The number of amides is 1. The van der Waals surface area contributed by atoms with E-state index in [1.165, 1.54) is 12.8 Å². The van der Waals surface area contributed by atoms with Crippen molar-refractivity contribution >= 4 is 15.7 Å². The van der Waals surface area contributed by atoms with Gasteiger partial charge in [0, 0.05) is 12.1 Å². The molecule has 0 aliphatic carbocycles. The fourth-order valence-electron chi connectivity index (χ4n) is 3.43. The van der Waals surface area contributed by atoms with E-state index in [0.717, 1.165) is 37.2 Å². The van der Waals surface area contributed by atoms with Gasteiger partial charge < -0.3 is 14.6 Å². The number of sulfone groups is 1. The number of benzene rings is 1. The van der Waals surface area contributed by atoms with Crippen LogP contribution in [0.1, 0.15) is 36.3 Å². The number of carbonyl (C=O) groups excluding carboxylic acids is 1. The molecule has 1 aromatic heterocycles. The van der Waals surface area contributed by atoms with E-state index in [-0.39, 0.29) is 5.75 Å². The third-order valence-electron chi connectivity index (χ3n) is 5.07. The van der Waals surface area contributed by atoms with Crippen LogP contribution in [0.2, 0.25) is 0 Å². The highest BCUT2D eigenvalue weighted by Gasteiger charge is 2.22. The second kappa shape index (κ2) is 9.54. The van der Waals surface area contributed by atoms with Gasteiger partial charge in [0.15, 0.2) is 9.84 Å². The van der Waals surface area contributed by atoms with Gasteiger partial charge in [0.1, 0.15) is 11.5 Å². The zero-order valence-electron chi connectivity index (χ0n) is 17.1. The minimum Gasteiger partial charge on any atom is -0.441 e. The summed E-state index contributed by atoms with van der Waals surface area (Å²) in [4.78, 5) is 18.7. The normalized spacial score (nSPS) is 15.0. The summed E-state index contributed by atoms with van der Waals surface area (Å²) in [5, 5.41) is 2.71. The summed E-state index contributed by atoms with van der Waals surface area (Å²) in [6, 6.07) is 7.65. The average Bonchev–Trinajstić information content (AvgIpc) is 3.29. The number of oxazole rings is 1. The van der Waals surface area contributed by atoms with Crippen LogP contribution >= 0.6 is 0 Å². The standard InChI is InChI=1S/C21H29N3O4S/c1-16-6-8-18(9-7-16)21-23-19(17(2)28-21)14-29(26,27)15-20(25)22-10-5-13-24-11-3-4-12-24/h6-9H,3-5,10-15H2,1-2H3,(H,22,25). The van der Waals surface area contributed by atoms with Gasteiger partial charge >= 0.3 is 0 Å². The number of carbonyl (C=O) groups is 1. The molecule has 2 heterocycles. The van der Waals surface area contributed by atoms with Crippen molar-refractivity contribution in [2.75, 3.05) is 31.9 Å². The van der Waals surface area contributed by atoms with Crippen molar-refractivity contribution in [3.63, 3.8) is 0 Å². The zero-order chi connectivity index (χ0) is 20.9. The molecule has 2 aromatic rings. The van der Waals surface area contributed by atoms with E-state index in [9.17, 15) is 13.2 Å². The Balaban J connectivity index is 1.50. The van der Waals surface area contributed by atoms with Crippen molar-refractivity contribution in [1.82, 2.24) is 15.2 Å². The van der Waals surface area contributed by atoms with Gasteiger partial charge in [-0.1, -0.05) is 17.7 Å². The maximum Gasteiger partial charge on any atom is 0.235 e. The Morgan fingerprint density at radius 2 is 1.86 bits per heavy atom. The molecule has 0 atom stereocenters. The smallest absolute Gasteiger partial charge is 0.235 e. The lowest BCUT2D eigenvalue weighted by Crippen LogP contribution is -2.33. The number of hydrogen-bond donors (Lipinski definition) is 1. The van der Waals surface area contributed by atoms with Gasteiger partial charge in [0.05, 0.1) is 11.4 Å². The number of likely N-dealkylation sites (tertiary alicyclic amines) is 1. The first kappa shape index (κ1) is 21.5. The number of aromatic nitrogens is 1. The average molecular weight is 420 g/mol. The summed E-state index contributed by atoms with van der Waals surface area (Å²) in [6.07, 6.45) is 3.30. The molecule has 7 nitrogen and oxygen atoms in total. The van der Waals surface area contributed by atoms with E-state index in [0.29, 0.717) is 23.9 Å². The summed E-state index contributed by atoms with van der Waals surface area (Å²) in [5.74, 6) is -0.473. The van der Waals surface area contributed by atoms with Crippen molar-refractivity contribution in [3.8, 4) is 11.5 Å². The fourth-order valence-corrected chi connectivity index (χ4v) is 4.72. The van der Waals surface area contributed by atoms with Gasteiger partial charge in [-0.25, -0.2) is 13.4 Å². The minimum absolute atomic E-state index is 0.310. The van der Waals surface area contributed by atoms with Crippen molar-refractivity contribution < 1.29 is 17.6 Å². The summed E-state index contributed by atoms with van der Waals surface area (Å²) >= 11 is 0. The number of nitrogens with zero attached hydrogens (tertiary/aromatic N) is 2. The van der Waals surface area contributed by atoms with Gasteiger partial charge in [-0.3, -0.25) is 4.79 Å². The molecule has 8 heteroatoms. The SMILES string of the molecule is Cc1ccc(-c2nc(CS(=O)(=O)CC(=O)NCCCN3CCCC3)c(C)o2)cc1. The first-order chi connectivity index (χ1) is 13.8. The van der Waals surface area contributed by atoms with E-state index >= 15 is 0 Å². The second-order valence-corrected chi connectivity index (χ2v) is 9.74. The molecule has 1 saturated heterocycles. The largest absolute Gasteiger partial charge is 0.441 e. The molecular formula is C21H29N3O4S. The summed E-state index contributed by atoms with van der Waals surface area (Å²) < 4.78 is 30.5. The molecule has 158 valence electrons. The molecule has 0 spiro atoms. The van der Waals surface area contributed by atoms with Crippen LogP contribution < -0.4 is 5.32 Å². The highest BCUT2D eigenvalue weighted by molar-refractivity contribution is 7.91. The van der Waals surface area contributed by atoms with Crippen LogP contribution in [0.4, 0.5) is 0 Å². The van der Waals surface area contributed by atoms with Gasteiger partial charge in [-0.2, -0.15) is 0 Å². The monoisotopic (exact) mass is 419 g/mol. The summed E-state index contributed by atoms with van der Waals surface area (Å²) in [6.45, 7) is 7.33. The van der Waals surface area contributed by atoms with Crippen LogP contribution in [0.3, 0.4) is 0 Å². The van der Waals surface area contributed by atoms with Crippen LogP contribution in [0.25, 0.3) is 11.5 Å². The number of aryl methyl sites for hydroxylation is 2. The molecule has 29 heavy (non-hydrogen) atoms. The predicted octanol–water partition coefficient (Wildman–Crippen LogP) is 2.48. The molecule has 1 amide bonds. The zero-order valence-corrected chi connectivity index (χ0v) is 17.9. The van der Waals surface area contributed by atoms with Crippen molar-refractivity contribution in [1.29, 1.82) is 0 Å². The molecule has 3 rings (SSSR count). The molecule has 1 aliphatic heterocycles. The van der Waals surface area contributed by atoms with Crippen LogP contribution in [-0.4, -0.2) is 56.1 Å². The topological polar surface area (TPSA) is 92.5 Å². The molecule has 1 aliphatic rings. The van der Waals surface area contributed by atoms with Gasteiger partial charge in [0.25, 0.3) is 0 Å². The van der Waals surface area contributed by atoms with E-state index in [1.807, 2.05) is 31.2 Å². The molecule has 0 bridgehead atoms. The molecule has 0 radical (unpaired) electrons. The fraction of sp³-hybridized carbons (Fsp3) is 0.524. The maximum absolute atomic E-state index is 12.4. The van der Waals surface area contributed by atoms with Crippen LogP contribution in [0, 0.1) is 13.8 Å². The Morgan fingerprint density at radius 3 is 2.55 bits per heavy atom.